The van der Waals surface area contributed by atoms with E-state index in [9.17, 15) is 9.18 Å². The van der Waals surface area contributed by atoms with Crippen molar-refractivity contribution in [2.24, 2.45) is 5.92 Å². The van der Waals surface area contributed by atoms with Crippen molar-refractivity contribution in [1.82, 2.24) is 4.90 Å². The zero-order valence-corrected chi connectivity index (χ0v) is 10.1. The van der Waals surface area contributed by atoms with Gasteiger partial charge in [0.25, 0.3) is 5.91 Å². The predicted molar refractivity (Wildman–Crippen MR) is 59.4 cm³/mol. The number of piperidine rings is 1. The van der Waals surface area contributed by atoms with Gasteiger partial charge in [-0.3, -0.25) is 4.79 Å². The molecule has 0 radical (unpaired) electrons. The van der Waals surface area contributed by atoms with Crippen LogP contribution in [0.15, 0.2) is 0 Å². The zero-order valence-electron chi connectivity index (χ0n) is 10.1. The van der Waals surface area contributed by atoms with E-state index in [4.69, 9.17) is 0 Å². The quantitative estimate of drug-likeness (QED) is 0.658. The normalized spacial score (nSPS) is 24.1. The van der Waals surface area contributed by atoms with Crippen molar-refractivity contribution in [3.8, 4) is 0 Å². The van der Waals surface area contributed by atoms with Crippen molar-refractivity contribution in [2.45, 2.75) is 52.1 Å². The lowest BCUT2D eigenvalue weighted by atomic mass is 9.99. The van der Waals surface area contributed by atoms with Gasteiger partial charge in [0.15, 0.2) is 5.67 Å². The molecule has 0 aromatic carbocycles. The minimum Gasteiger partial charge on any atom is -0.340 e. The summed E-state index contributed by atoms with van der Waals surface area (Å²) in [6, 6.07) is 0. The Bertz CT molecular complexity index is 218. The van der Waals surface area contributed by atoms with Gasteiger partial charge in [-0.15, -0.1) is 0 Å². The van der Waals surface area contributed by atoms with Crippen LogP contribution in [0.2, 0.25) is 0 Å². The number of rotatable bonds is 1. The van der Waals surface area contributed by atoms with Crippen molar-refractivity contribution < 1.29 is 9.18 Å². The number of amides is 1. The second-order valence-corrected chi connectivity index (χ2v) is 4.44. The monoisotopic (exact) mass is 215 g/mol. The molecule has 1 amide bonds. The number of carbonyl (C=O) groups is 1. The number of nitrogens with zero attached hydrogens (tertiary/aromatic N) is 1. The second-order valence-electron chi connectivity index (χ2n) is 4.44. The van der Waals surface area contributed by atoms with Gasteiger partial charge in [0.1, 0.15) is 0 Å². The van der Waals surface area contributed by atoms with E-state index in [-0.39, 0.29) is 5.91 Å². The largest absolute Gasteiger partial charge is 0.340 e. The molecule has 3 heteroatoms. The lowest BCUT2D eigenvalue weighted by Crippen LogP contribution is -2.43. The summed E-state index contributed by atoms with van der Waals surface area (Å²) < 4.78 is 13.4. The first-order valence-electron chi connectivity index (χ1n) is 6.10. The molecular formula is C12H22FNO. The number of carbonyl (C=O) groups excluding carboxylic acids is 1. The molecule has 0 bridgehead atoms. The molecule has 0 atom stereocenters. The molecular weight excluding hydrogens is 193 g/mol. The van der Waals surface area contributed by atoms with Crippen LogP contribution in [0.4, 0.5) is 4.39 Å². The highest BCUT2D eigenvalue weighted by molar-refractivity contribution is 5.88. The van der Waals surface area contributed by atoms with Crippen molar-refractivity contribution in [3.63, 3.8) is 0 Å². The van der Waals surface area contributed by atoms with Crippen LogP contribution < -0.4 is 0 Å². The summed E-state index contributed by atoms with van der Waals surface area (Å²) in [5, 5.41) is 0. The van der Waals surface area contributed by atoms with Gasteiger partial charge in [0.05, 0.1) is 0 Å². The number of likely N-dealkylation sites (tertiary alicyclic amines) is 1. The number of halogens is 1. The molecule has 1 aliphatic heterocycles. The van der Waals surface area contributed by atoms with E-state index in [1.165, 1.54) is 0 Å². The van der Waals surface area contributed by atoms with E-state index in [2.05, 4.69) is 6.92 Å². The summed E-state index contributed by atoms with van der Waals surface area (Å²) in [6.45, 7) is 7.70. The van der Waals surface area contributed by atoms with Gasteiger partial charge in [-0.2, -0.15) is 0 Å². The van der Waals surface area contributed by atoms with E-state index < -0.39 is 5.67 Å². The van der Waals surface area contributed by atoms with Crippen molar-refractivity contribution in [2.75, 3.05) is 13.1 Å². The summed E-state index contributed by atoms with van der Waals surface area (Å²) in [5.41, 5.74) is -1.46. The highest BCUT2D eigenvalue weighted by Crippen LogP contribution is 2.41. The molecule has 15 heavy (non-hydrogen) atoms. The second kappa shape index (κ2) is 4.95. The Morgan fingerprint density at radius 2 is 1.73 bits per heavy atom. The van der Waals surface area contributed by atoms with E-state index in [0.29, 0.717) is 18.8 Å². The molecule has 2 nitrogen and oxygen atoms in total. The molecule has 1 saturated heterocycles. The van der Waals surface area contributed by atoms with Gasteiger partial charge in [-0.05, 0) is 31.6 Å². The molecule has 0 aromatic heterocycles. The van der Waals surface area contributed by atoms with E-state index in [1.807, 2.05) is 13.8 Å². The Hall–Kier alpha value is -0.600. The highest BCUT2D eigenvalue weighted by Gasteiger charge is 2.52. The molecule has 0 spiro atoms. The first kappa shape index (κ1) is 12.5. The Morgan fingerprint density at radius 1 is 1.27 bits per heavy atom. The summed E-state index contributed by atoms with van der Waals surface area (Å²) in [4.78, 5) is 13.2. The highest BCUT2D eigenvalue weighted by atomic mass is 19.1. The average molecular weight is 215 g/mol. The minimum atomic E-state index is -1.46. The number of hydrogen-bond acceptors (Lipinski definition) is 1. The Labute approximate surface area is 91.8 Å². The molecule has 1 aliphatic carbocycles. The summed E-state index contributed by atoms with van der Waals surface area (Å²) in [7, 11) is 0. The Morgan fingerprint density at radius 3 is 2.13 bits per heavy atom. The van der Waals surface area contributed by atoms with Crippen molar-refractivity contribution >= 4 is 5.91 Å². The molecule has 1 saturated carbocycles. The molecule has 2 fully saturated rings. The van der Waals surface area contributed by atoms with Gasteiger partial charge < -0.3 is 4.90 Å². The average Bonchev–Trinajstić information content (AvgIpc) is 3.01. The minimum absolute atomic E-state index is 0.251. The van der Waals surface area contributed by atoms with E-state index >= 15 is 0 Å². The molecule has 0 unspecified atom stereocenters. The SMILES string of the molecule is CC.CC1CCN(C(=O)C2(F)CC2)CC1. The van der Waals surface area contributed by atoms with Crippen LogP contribution in [0, 0.1) is 5.92 Å². The third kappa shape index (κ3) is 2.93. The maximum Gasteiger partial charge on any atom is 0.260 e. The Kier molecular flexibility index (Phi) is 4.12. The molecule has 2 rings (SSSR count). The van der Waals surface area contributed by atoms with Crippen molar-refractivity contribution in [1.29, 1.82) is 0 Å². The maximum absolute atomic E-state index is 13.4. The maximum atomic E-state index is 13.4. The molecule has 2 aliphatic rings. The van der Waals surface area contributed by atoms with Crippen LogP contribution in [0.3, 0.4) is 0 Å². The number of hydrogen-bond donors (Lipinski definition) is 0. The number of alkyl halides is 1. The van der Waals surface area contributed by atoms with Crippen LogP contribution in [0.1, 0.15) is 46.5 Å². The van der Waals surface area contributed by atoms with Crippen LogP contribution in [0.5, 0.6) is 0 Å². The Balaban J connectivity index is 0.000000531. The van der Waals surface area contributed by atoms with Gasteiger partial charge >= 0.3 is 0 Å². The van der Waals surface area contributed by atoms with Gasteiger partial charge in [0, 0.05) is 13.1 Å². The van der Waals surface area contributed by atoms with Crippen LogP contribution in [0.25, 0.3) is 0 Å². The van der Waals surface area contributed by atoms with Crippen LogP contribution in [-0.2, 0) is 4.79 Å². The summed E-state index contributed by atoms with van der Waals surface area (Å²) in [5.74, 6) is 0.443. The van der Waals surface area contributed by atoms with Crippen LogP contribution in [-0.4, -0.2) is 29.6 Å². The molecule has 0 aromatic rings. The molecule has 0 N–H and O–H groups in total. The fraction of sp³-hybridized carbons (Fsp3) is 0.917. The lowest BCUT2D eigenvalue weighted by Gasteiger charge is -2.31. The third-order valence-corrected chi connectivity index (χ3v) is 3.14. The topological polar surface area (TPSA) is 20.3 Å². The van der Waals surface area contributed by atoms with Gasteiger partial charge in [0.2, 0.25) is 0 Å². The zero-order chi connectivity index (χ0) is 11.5. The predicted octanol–water partition coefficient (Wildman–Crippen LogP) is 2.77. The van der Waals surface area contributed by atoms with E-state index in [0.717, 1.165) is 25.9 Å². The summed E-state index contributed by atoms with van der Waals surface area (Å²) in [6.07, 6.45) is 2.94. The smallest absolute Gasteiger partial charge is 0.260 e. The molecule has 1 heterocycles. The summed E-state index contributed by atoms with van der Waals surface area (Å²) >= 11 is 0. The molecule has 88 valence electrons. The van der Waals surface area contributed by atoms with Crippen LogP contribution >= 0.6 is 0 Å². The third-order valence-electron chi connectivity index (χ3n) is 3.14. The standard InChI is InChI=1S/C10H16FNO.C2H6/c1-8-2-6-12(7-3-8)9(13)10(11)4-5-10;1-2/h8H,2-7H2,1H3;1-2H3. The fourth-order valence-electron chi connectivity index (χ4n) is 1.82. The lowest BCUT2D eigenvalue weighted by molar-refractivity contribution is -0.139. The van der Waals surface area contributed by atoms with Gasteiger partial charge in [-0.25, -0.2) is 4.39 Å². The van der Waals surface area contributed by atoms with Gasteiger partial charge in [-0.1, -0.05) is 20.8 Å². The first-order chi connectivity index (χ1) is 7.12. The fourth-order valence-corrected chi connectivity index (χ4v) is 1.82. The van der Waals surface area contributed by atoms with Crippen molar-refractivity contribution in [3.05, 3.63) is 0 Å². The van der Waals surface area contributed by atoms with E-state index in [1.54, 1.807) is 4.90 Å². The first-order valence-corrected chi connectivity index (χ1v) is 6.10.